The normalized spacial score (nSPS) is 12.9. The summed E-state index contributed by atoms with van der Waals surface area (Å²) in [7, 11) is -3.26. The van der Waals surface area contributed by atoms with E-state index in [9.17, 15) is 8.42 Å². The number of anilines is 2. The number of nitrogens with one attached hydrogen (secondary N) is 2. The summed E-state index contributed by atoms with van der Waals surface area (Å²) in [6, 6.07) is 7.32. The summed E-state index contributed by atoms with van der Waals surface area (Å²) in [5, 5.41) is 3.35. The number of nitrogens with zero attached hydrogens (tertiary/aromatic N) is 1. The predicted octanol–water partition coefficient (Wildman–Crippen LogP) is 3.00. The summed E-state index contributed by atoms with van der Waals surface area (Å²) in [4.78, 5) is 5.40. The number of thiazole rings is 1. The summed E-state index contributed by atoms with van der Waals surface area (Å²) >= 11 is 1.61. The molecule has 0 aliphatic rings. The van der Waals surface area contributed by atoms with Crippen molar-refractivity contribution < 1.29 is 8.42 Å². The van der Waals surface area contributed by atoms with Crippen molar-refractivity contribution in [2.24, 2.45) is 0 Å². The van der Waals surface area contributed by atoms with Gasteiger partial charge in [-0.1, -0.05) is 6.07 Å². The molecule has 1 heterocycles. The van der Waals surface area contributed by atoms with Crippen LogP contribution in [0.1, 0.15) is 23.5 Å². The van der Waals surface area contributed by atoms with Gasteiger partial charge in [-0.25, -0.2) is 13.4 Å². The summed E-state index contributed by atoms with van der Waals surface area (Å²) in [6.07, 6.45) is 1.14. The molecule has 0 amide bonds. The van der Waals surface area contributed by atoms with Crippen LogP contribution in [-0.2, 0) is 10.0 Å². The highest BCUT2D eigenvalue weighted by Crippen LogP contribution is 2.26. The number of hydrogen-bond donors (Lipinski definition) is 2. The summed E-state index contributed by atoms with van der Waals surface area (Å²) in [5.74, 6) is 0. The molecule has 1 atom stereocenters. The van der Waals surface area contributed by atoms with Gasteiger partial charge in [-0.3, -0.25) is 4.72 Å². The molecule has 5 nitrogen and oxygen atoms in total. The van der Waals surface area contributed by atoms with Crippen molar-refractivity contribution in [3.05, 3.63) is 40.3 Å². The largest absolute Gasteiger partial charge is 0.378 e. The van der Waals surface area contributed by atoms with Crippen molar-refractivity contribution in [3.63, 3.8) is 0 Å². The first-order valence-electron chi connectivity index (χ1n) is 6.09. The second-order valence-corrected chi connectivity index (χ2v) is 7.26. The van der Waals surface area contributed by atoms with Crippen molar-refractivity contribution in [3.8, 4) is 0 Å². The molecular formula is C13H17N3O2S2. The molecule has 0 aliphatic heterocycles. The molecule has 1 unspecified atom stereocenters. The zero-order valence-corrected chi connectivity index (χ0v) is 13.2. The van der Waals surface area contributed by atoms with Crippen molar-refractivity contribution in [2.45, 2.75) is 19.9 Å². The first-order valence-corrected chi connectivity index (χ1v) is 8.86. The van der Waals surface area contributed by atoms with Gasteiger partial charge in [0.1, 0.15) is 0 Å². The molecule has 0 radical (unpaired) electrons. The number of hydrogen-bond acceptors (Lipinski definition) is 5. The van der Waals surface area contributed by atoms with E-state index >= 15 is 0 Å². The monoisotopic (exact) mass is 311 g/mol. The molecule has 0 saturated carbocycles. The Morgan fingerprint density at radius 2 is 2.00 bits per heavy atom. The number of aromatic nitrogens is 1. The van der Waals surface area contributed by atoms with Crippen LogP contribution in [0, 0.1) is 6.92 Å². The standard InChI is InChI=1S/C13H17N3O2S2/c1-9-13(19-8-14-9)10(2)15-11-5-4-6-12(7-11)16-20(3,17)18/h4-8,10,15-16H,1-3H3. The van der Waals surface area contributed by atoms with Gasteiger partial charge < -0.3 is 5.32 Å². The molecule has 0 spiro atoms. The molecule has 7 heteroatoms. The van der Waals surface area contributed by atoms with E-state index in [1.807, 2.05) is 24.6 Å². The molecule has 1 aromatic carbocycles. The average Bonchev–Trinajstić information content (AvgIpc) is 2.73. The maximum Gasteiger partial charge on any atom is 0.229 e. The number of benzene rings is 1. The van der Waals surface area contributed by atoms with Gasteiger partial charge in [0.15, 0.2) is 0 Å². The smallest absolute Gasteiger partial charge is 0.229 e. The van der Waals surface area contributed by atoms with Crippen LogP contribution in [0.2, 0.25) is 0 Å². The van der Waals surface area contributed by atoms with Crippen LogP contribution in [0.5, 0.6) is 0 Å². The van der Waals surface area contributed by atoms with Crippen molar-refractivity contribution in [2.75, 3.05) is 16.3 Å². The van der Waals surface area contributed by atoms with Crippen LogP contribution in [0.25, 0.3) is 0 Å². The average molecular weight is 311 g/mol. The lowest BCUT2D eigenvalue weighted by Gasteiger charge is -2.15. The van der Waals surface area contributed by atoms with Gasteiger partial charge in [0.05, 0.1) is 29.2 Å². The molecule has 0 bridgehead atoms. The highest BCUT2D eigenvalue weighted by Gasteiger charge is 2.11. The Balaban J connectivity index is 2.14. The van der Waals surface area contributed by atoms with Crippen molar-refractivity contribution in [1.82, 2.24) is 4.98 Å². The minimum Gasteiger partial charge on any atom is -0.378 e. The van der Waals surface area contributed by atoms with E-state index in [1.54, 1.807) is 23.5 Å². The van der Waals surface area contributed by atoms with Crippen LogP contribution in [0.3, 0.4) is 0 Å². The van der Waals surface area contributed by atoms with E-state index in [0.29, 0.717) is 5.69 Å². The zero-order valence-electron chi connectivity index (χ0n) is 11.5. The van der Waals surface area contributed by atoms with E-state index in [-0.39, 0.29) is 6.04 Å². The topological polar surface area (TPSA) is 71.1 Å². The van der Waals surface area contributed by atoms with E-state index in [2.05, 4.69) is 21.9 Å². The fourth-order valence-corrected chi connectivity index (χ4v) is 3.29. The highest BCUT2D eigenvalue weighted by molar-refractivity contribution is 7.92. The van der Waals surface area contributed by atoms with Crippen LogP contribution in [0.4, 0.5) is 11.4 Å². The molecule has 0 fully saturated rings. The highest BCUT2D eigenvalue weighted by atomic mass is 32.2. The Bertz CT molecular complexity index is 695. The molecular weight excluding hydrogens is 294 g/mol. The van der Waals surface area contributed by atoms with Gasteiger partial charge in [0, 0.05) is 10.6 Å². The molecule has 108 valence electrons. The van der Waals surface area contributed by atoms with Gasteiger partial charge in [0.25, 0.3) is 0 Å². The minimum atomic E-state index is -3.26. The summed E-state index contributed by atoms with van der Waals surface area (Å²) in [5.41, 5.74) is 4.25. The molecule has 2 rings (SSSR count). The summed E-state index contributed by atoms with van der Waals surface area (Å²) in [6.45, 7) is 4.03. The quantitative estimate of drug-likeness (QED) is 0.890. The third kappa shape index (κ3) is 3.94. The fourth-order valence-electron chi connectivity index (χ4n) is 1.93. The van der Waals surface area contributed by atoms with E-state index < -0.39 is 10.0 Å². The second-order valence-electron chi connectivity index (χ2n) is 4.62. The predicted molar refractivity (Wildman–Crippen MR) is 83.8 cm³/mol. The van der Waals surface area contributed by atoms with Gasteiger partial charge in [0.2, 0.25) is 10.0 Å². The molecule has 0 aliphatic carbocycles. The third-order valence-corrected chi connectivity index (χ3v) is 4.45. The first-order chi connectivity index (χ1) is 9.35. The molecule has 1 aromatic heterocycles. The van der Waals surface area contributed by atoms with Gasteiger partial charge >= 0.3 is 0 Å². The molecule has 20 heavy (non-hydrogen) atoms. The fraction of sp³-hybridized carbons (Fsp3) is 0.308. The number of rotatable bonds is 5. The SMILES string of the molecule is Cc1ncsc1C(C)Nc1cccc(NS(C)(=O)=O)c1. The maximum atomic E-state index is 11.2. The zero-order chi connectivity index (χ0) is 14.8. The number of aryl methyl sites for hydroxylation is 1. The van der Waals surface area contributed by atoms with Crippen molar-refractivity contribution >= 4 is 32.7 Å². The Morgan fingerprint density at radius 3 is 2.60 bits per heavy atom. The lowest BCUT2D eigenvalue weighted by atomic mass is 10.2. The van der Waals surface area contributed by atoms with Gasteiger partial charge in [-0.2, -0.15) is 0 Å². The Labute approximate surface area is 123 Å². The van der Waals surface area contributed by atoms with Gasteiger partial charge in [-0.15, -0.1) is 11.3 Å². The van der Waals surface area contributed by atoms with Crippen LogP contribution < -0.4 is 10.0 Å². The minimum absolute atomic E-state index is 0.121. The number of sulfonamides is 1. The Morgan fingerprint density at radius 1 is 1.30 bits per heavy atom. The van der Waals surface area contributed by atoms with Crippen LogP contribution in [-0.4, -0.2) is 19.7 Å². The lowest BCUT2D eigenvalue weighted by molar-refractivity contribution is 0.607. The maximum absolute atomic E-state index is 11.2. The molecule has 0 saturated heterocycles. The summed E-state index contributed by atoms with van der Waals surface area (Å²) < 4.78 is 24.9. The van der Waals surface area contributed by atoms with E-state index in [1.165, 1.54) is 4.88 Å². The first kappa shape index (κ1) is 14.8. The molecule has 2 aromatic rings. The lowest BCUT2D eigenvalue weighted by Crippen LogP contribution is -2.10. The Kier molecular flexibility index (Phi) is 4.29. The van der Waals surface area contributed by atoms with E-state index in [4.69, 9.17) is 0 Å². The van der Waals surface area contributed by atoms with Gasteiger partial charge in [-0.05, 0) is 32.0 Å². The molecule has 2 N–H and O–H groups in total. The van der Waals surface area contributed by atoms with E-state index in [0.717, 1.165) is 17.6 Å². The third-order valence-electron chi connectivity index (χ3n) is 2.72. The van der Waals surface area contributed by atoms with Crippen LogP contribution >= 0.6 is 11.3 Å². The second kappa shape index (κ2) is 5.80. The van der Waals surface area contributed by atoms with Crippen molar-refractivity contribution in [1.29, 1.82) is 0 Å². The van der Waals surface area contributed by atoms with Crippen LogP contribution in [0.15, 0.2) is 29.8 Å². The Hall–Kier alpha value is -1.60.